The van der Waals surface area contributed by atoms with Gasteiger partial charge in [-0.05, 0) is 44.4 Å². The van der Waals surface area contributed by atoms with E-state index in [2.05, 4.69) is 9.88 Å². The molecule has 2 aromatic rings. The second kappa shape index (κ2) is 5.12. The zero-order chi connectivity index (χ0) is 16.2. The molecular weight excluding hydrogens is 333 g/mol. The molecule has 4 nitrogen and oxygen atoms in total. The number of aromatic nitrogens is 2. The quantitative estimate of drug-likeness (QED) is 0.820. The summed E-state index contributed by atoms with van der Waals surface area (Å²) in [7, 11) is 0. The highest BCUT2D eigenvalue weighted by Crippen LogP contribution is 2.64. The number of aryl methyl sites for hydroxylation is 2. The number of halogens is 2. The van der Waals surface area contributed by atoms with Crippen LogP contribution < -0.4 is 5.32 Å². The summed E-state index contributed by atoms with van der Waals surface area (Å²) in [6.45, 7) is 2.82. The molecule has 6 heteroatoms. The van der Waals surface area contributed by atoms with Gasteiger partial charge in [-0.2, -0.15) is 0 Å². The van der Waals surface area contributed by atoms with Crippen LogP contribution in [0.2, 0.25) is 0 Å². The summed E-state index contributed by atoms with van der Waals surface area (Å²) in [5.41, 5.74) is 2.11. The fraction of sp³-hybridized carbons (Fsp3) is 0.529. The number of hydrogen-bond acceptors (Lipinski definition) is 2. The fourth-order valence-electron chi connectivity index (χ4n) is 3.34. The third kappa shape index (κ3) is 2.43. The van der Waals surface area contributed by atoms with Gasteiger partial charge in [0, 0.05) is 18.7 Å². The van der Waals surface area contributed by atoms with Crippen molar-refractivity contribution >= 4 is 45.8 Å². The van der Waals surface area contributed by atoms with Gasteiger partial charge in [0.05, 0.1) is 16.4 Å². The van der Waals surface area contributed by atoms with Crippen LogP contribution in [0.4, 0.5) is 5.69 Å². The second-order valence-corrected chi connectivity index (χ2v) is 8.35. The molecule has 1 aliphatic carbocycles. The molecule has 2 aliphatic rings. The minimum atomic E-state index is -0.951. The minimum Gasteiger partial charge on any atom is -0.328 e. The first kappa shape index (κ1) is 15.3. The van der Waals surface area contributed by atoms with Crippen LogP contribution in [0.3, 0.4) is 0 Å². The van der Waals surface area contributed by atoms with Crippen LogP contribution in [0, 0.1) is 5.41 Å². The van der Waals surface area contributed by atoms with Crippen LogP contribution in [-0.4, -0.2) is 19.8 Å². The Morgan fingerprint density at radius 3 is 2.83 bits per heavy atom. The van der Waals surface area contributed by atoms with Gasteiger partial charge in [-0.3, -0.25) is 4.79 Å². The van der Waals surface area contributed by atoms with Crippen molar-refractivity contribution in [2.24, 2.45) is 5.41 Å². The third-order valence-electron chi connectivity index (χ3n) is 5.13. The van der Waals surface area contributed by atoms with Crippen LogP contribution in [0.25, 0.3) is 11.0 Å². The zero-order valence-electron chi connectivity index (χ0n) is 13.0. The molecule has 0 spiro atoms. The Kier molecular flexibility index (Phi) is 3.40. The molecule has 1 aliphatic heterocycles. The summed E-state index contributed by atoms with van der Waals surface area (Å²) in [4.78, 5) is 17.1. The largest absolute Gasteiger partial charge is 0.328 e. The third-order valence-corrected chi connectivity index (χ3v) is 6.23. The summed E-state index contributed by atoms with van der Waals surface area (Å²) in [5, 5.41) is 2.93. The number of carbonyl (C=O) groups is 1. The molecule has 122 valence electrons. The maximum atomic E-state index is 12.4. The molecule has 1 aromatic heterocycles. The van der Waals surface area contributed by atoms with E-state index in [1.54, 1.807) is 6.92 Å². The fourth-order valence-corrected chi connectivity index (χ4v) is 4.05. The Hall–Kier alpha value is -1.26. The number of hydrogen-bond donors (Lipinski definition) is 1. The van der Waals surface area contributed by atoms with Crippen molar-refractivity contribution < 1.29 is 4.79 Å². The molecule has 1 atom stereocenters. The van der Waals surface area contributed by atoms with Crippen LogP contribution in [0.1, 0.15) is 38.4 Å². The van der Waals surface area contributed by atoms with E-state index in [9.17, 15) is 4.79 Å². The predicted molar refractivity (Wildman–Crippen MR) is 93.1 cm³/mol. The second-order valence-electron chi connectivity index (χ2n) is 6.86. The van der Waals surface area contributed by atoms with Crippen molar-refractivity contribution in [1.29, 1.82) is 0 Å². The Bertz CT molecular complexity index is 798. The van der Waals surface area contributed by atoms with Crippen molar-refractivity contribution in [2.45, 2.75) is 49.9 Å². The maximum absolute atomic E-state index is 12.4. The van der Waals surface area contributed by atoms with Gasteiger partial charge in [-0.1, -0.05) is 6.42 Å². The first-order valence-corrected chi connectivity index (χ1v) is 8.85. The van der Waals surface area contributed by atoms with Crippen LogP contribution in [0.15, 0.2) is 18.2 Å². The lowest BCUT2D eigenvalue weighted by Crippen LogP contribution is -2.25. The SMILES string of the molecule is C[C@]1(C(=O)Nc2ccc3c(c2)nc2n3CCCCC2)CC1(Cl)Cl. The van der Waals surface area contributed by atoms with Gasteiger partial charge in [0.15, 0.2) is 0 Å². The molecule has 1 saturated carbocycles. The molecular formula is C17H19Cl2N3O. The number of imidazole rings is 1. The molecule has 1 amide bonds. The van der Waals surface area contributed by atoms with E-state index < -0.39 is 9.75 Å². The highest BCUT2D eigenvalue weighted by molar-refractivity contribution is 6.53. The molecule has 1 aromatic carbocycles. The molecule has 0 radical (unpaired) electrons. The number of benzene rings is 1. The van der Waals surface area contributed by atoms with Crippen LogP contribution in [0.5, 0.6) is 0 Å². The Labute approximate surface area is 145 Å². The summed E-state index contributed by atoms with van der Waals surface area (Å²) in [6, 6.07) is 5.90. The Balaban J connectivity index is 1.61. The number of fused-ring (bicyclic) bond motifs is 3. The lowest BCUT2D eigenvalue weighted by Gasteiger charge is -2.12. The highest BCUT2D eigenvalue weighted by atomic mass is 35.5. The first-order chi connectivity index (χ1) is 10.9. The van der Waals surface area contributed by atoms with Gasteiger partial charge in [-0.25, -0.2) is 4.98 Å². The molecule has 2 heterocycles. The van der Waals surface area contributed by atoms with Crippen molar-refractivity contribution in [2.75, 3.05) is 5.32 Å². The molecule has 1 fully saturated rings. The van der Waals surface area contributed by atoms with Gasteiger partial charge in [0.25, 0.3) is 0 Å². The van der Waals surface area contributed by atoms with E-state index in [4.69, 9.17) is 28.2 Å². The first-order valence-electron chi connectivity index (χ1n) is 8.09. The number of anilines is 1. The smallest absolute Gasteiger partial charge is 0.233 e. The number of nitrogens with one attached hydrogen (secondary N) is 1. The highest BCUT2D eigenvalue weighted by Gasteiger charge is 2.67. The molecule has 1 N–H and O–H groups in total. The Morgan fingerprint density at radius 2 is 2.09 bits per heavy atom. The Morgan fingerprint density at radius 1 is 1.30 bits per heavy atom. The number of carbonyl (C=O) groups excluding carboxylic acids is 1. The van der Waals surface area contributed by atoms with E-state index in [-0.39, 0.29) is 5.91 Å². The molecule has 0 unspecified atom stereocenters. The van der Waals surface area contributed by atoms with E-state index in [0.29, 0.717) is 6.42 Å². The summed E-state index contributed by atoms with van der Waals surface area (Å²) in [5.74, 6) is 1.01. The normalized spacial score (nSPS) is 25.7. The van der Waals surface area contributed by atoms with Gasteiger partial charge < -0.3 is 9.88 Å². The molecule has 0 saturated heterocycles. The van der Waals surface area contributed by atoms with Crippen molar-refractivity contribution in [1.82, 2.24) is 9.55 Å². The van der Waals surface area contributed by atoms with Gasteiger partial charge in [0.1, 0.15) is 10.2 Å². The van der Waals surface area contributed by atoms with Crippen LogP contribution >= 0.6 is 23.2 Å². The number of alkyl halides is 2. The van der Waals surface area contributed by atoms with Gasteiger partial charge in [-0.15, -0.1) is 23.2 Å². The maximum Gasteiger partial charge on any atom is 0.233 e. The lowest BCUT2D eigenvalue weighted by molar-refractivity contribution is -0.120. The summed E-state index contributed by atoms with van der Waals surface area (Å²) in [6.07, 6.45) is 5.16. The zero-order valence-corrected chi connectivity index (χ0v) is 14.5. The monoisotopic (exact) mass is 351 g/mol. The number of nitrogens with zero attached hydrogens (tertiary/aromatic N) is 2. The van der Waals surface area contributed by atoms with E-state index in [0.717, 1.165) is 35.5 Å². The molecule has 23 heavy (non-hydrogen) atoms. The lowest BCUT2D eigenvalue weighted by atomic mass is 10.1. The van der Waals surface area contributed by atoms with Crippen molar-refractivity contribution in [3.05, 3.63) is 24.0 Å². The number of amides is 1. The van der Waals surface area contributed by atoms with Crippen molar-refractivity contribution in [3.8, 4) is 0 Å². The van der Waals surface area contributed by atoms with Gasteiger partial charge >= 0.3 is 0 Å². The van der Waals surface area contributed by atoms with E-state index in [1.807, 2.05) is 18.2 Å². The minimum absolute atomic E-state index is 0.136. The number of rotatable bonds is 2. The van der Waals surface area contributed by atoms with Gasteiger partial charge in [0.2, 0.25) is 5.91 Å². The van der Waals surface area contributed by atoms with Crippen LogP contribution in [-0.2, 0) is 17.8 Å². The predicted octanol–water partition coefficient (Wildman–Crippen LogP) is 4.29. The summed E-state index contributed by atoms with van der Waals surface area (Å²) >= 11 is 12.2. The van der Waals surface area contributed by atoms with E-state index >= 15 is 0 Å². The topological polar surface area (TPSA) is 46.9 Å². The standard InChI is InChI=1S/C17H19Cl2N3O/c1-16(10-17(16,18)19)15(23)20-11-6-7-13-12(9-11)21-14-5-3-2-4-8-22(13)14/h6-7,9H,2-5,8,10H2,1H3,(H,20,23)/t16-/m1/s1. The molecule has 4 rings (SSSR count). The average molecular weight is 352 g/mol. The molecule has 0 bridgehead atoms. The van der Waals surface area contributed by atoms with Crippen molar-refractivity contribution in [3.63, 3.8) is 0 Å². The van der Waals surface area contributed by atoms with E-state index in [1.165, 1.54) is 19.3 Å². The summed E-state index contributed by atoms with van der Waals surface area (Å²) < 4.78 is 1.35. The average Bonchev–Trinajstić information content (AvgIpc) is 2.97.